The van der Waals surface area contributed by atoms with Crippen LogP contribution in [0.5, 0.6) is 0 Å². The molecule has 1 aromatic carbocycles. The summed E-state index contributed by atoms with van der Waals surface area (Å²) >= 11 is 5.84. The topological polar surface area (TPSA) is 76.2 Å². The van der Waals surface area contributed by atoms with Crippen molar-refractivity contribution in [2.24, 2.45) is 0 Å². The molecule has 0 unspecified atom stereocenters. The molecule has 1 heterocycles. The van der Waals surface area contributed by atoms with Crippen LogP contribution in [0.3, 0.4) is 0 Å². The van der Waals surface area contributed by atoms with Crippen molar-refractivity contribution in [2.45, 2.75) is 33.8 Å². The number of ketones is 2. The van der Waals surface area contributed by atoms with Gasteiger partial charge in [-0.2, -0.15) is 0 Å². The minimum atomic E-state index is -0.993. The number of aromatic amines is 1. The third kappa shape index (κ3) is 3.57. The van der Waals surface area contributed by atoms with E-state index in [1.54, 1.807) is 32.0 Å². The quantitative estimate of drug-likeness (QED) is 0.657. The molecule has 0 aliphatic carbocycles. The maximum Gasteiger partial charge on any atom is 0.338 e. The maximum absolute atomic E-state index is 12.5. The highest BCUT2D eigenvalue weighted by Gasteiger charge is 2.26. The first-order chi connectivity index (χ1) is 11.2. The molecular formula is C18H18ClNO4. The molecule has 0 aliphatic heterocycles. The summed E-state index contributed by atoms with van der Waals surface area (Å²) in [6, 6.07) is 6.30. The van der Waals surface area contributed by atoms with Gasteiger partial charge in [0.1, 0.15) is 0 Å². The van der Waals surface area contributed by atoms with Crippen molar-refractivity contribution in [3.63, 3.8) is 0 Å². The number of benzene rings is 1. The molecule has 24 heavy (non-hydrogen) atoms. The van der Waals surface area contributed by atoms with Crippen molar-refractivity contribution in [1.82, 2.24) is 4.98 Å². The van der Waals surface area contributed by atoms with Crippen LogP contribution < -0.4 is 0 Å². The van der Waals surface area contributed by atoms with Gasteiger partial charge in [0.2, 0.25) is 5.78 Å². The summed E-state index contributed by atoms with van der Waals surface area (Å²) < 4.78 is 5.22. The zero-order valence-corrected chi connectivity index (χ0v) is 14.7. The first-order valence-corrected chi connectivity index (χ1v) is 7.81. The largest absolute Gasteiger partial charge is 0.451 e. The summed E-state index contributed by atoms with van der Waals surface area (Å²) in [5, 5.41) is 0.408. The molecule has 126 valence electrons. The van der Waals surface area contributed by atoms with Crippen LogP contribution in [0.25, 0.3) is 0 Å². The van der Waals surface area contributed by atoms with Crippen molar-refractivity contribution >= 4 is 29.1 Å². The summed E-state index contributed by atoms with van der Waals surface area (Å²) in [6.45, 7) is 6.36. The van der Waals surface area contributed by atoms with Crippen molar-refractivity contribution in [2.75, 3.05) is 0 Å². The minimum absolute atomic E-state index is 0.121. The molecule has 0 spiro atoms. The zero-order valence-electron chi connectivity index (χ0n) is 13.9. The lowest BCUT2D eigenvalue weighted by Gasteiger charge is -2.12. The van der Waals surface area contributed by atoms with Crippen LogP contribution in [0.2, 0.25) is 5.02 Å². The van der Waals surface area contributed by atoms with Crippen LogP contribution in [0.4, 0.5) is 0 Å². The molecule has 0 saturated heterocycles. The van der Waals surface area contributed by atoms with E-state index in [9.17, 15) is 14.4 Å². The Balaban J connectivity index is 2.20. The average molecular weight is 348 g/mol. The van der Waals surface area contributed by atoms with Gasteiger partial charge in [-0.25, -0.2) is 4.79 Å². The standard InChI is InChI=1S/C18H18ClNO4/c1-9-15(11(3)21)10(2)20-16(9)17(22)12(4)24-18(23)13-6-5-7-14(19)8-13/h5-8,12,20H,1-4H3/t12-/m0/s1. The highest BCUT2D eigenvalue weighted by molar-refractivity contribution is 6.30. The van der Waals surface area contributed by atoms with Gasteiger partial charge in [-0.3, -0.25) is 9.59 Å². The van der Waals surface area contributed by atoms with Gasteiger partial charge in [-0.1, -0.05) is 17.7 Å². The Hall–Kier alpha value is -2.40. The number of halogens is 1. The number of Topliss-reactive ketones (excluding diaryl/α,β-unsaturated/α-hetero) is 2. The molecule has 6 heteroatoms. The zero-order chi connectivity index (χ0) is 18.0. The smallest absolute Gasteiger partial charge is 0.338 e. The highest BCUT2D eigenvalue weighted by Crippen LogP contribution is 2.21. The number of aryl methyl sites for hydroxylation is 1. The molecule has 2 rings (SSSR count). The SMILES string of the molecule is CC(=O)c1c(C)[nH]c(C(=O)[C@H](C)OC(=O)c2cccc(Cl)c2)c1C. The molecule has 0 saturated carbocycles. The Labute approximate surface area is 145 Å². The molecule has 0 bridgehead atoms. The molecule has 0 amide bonds. The third-order valence-electron chi connectivity index (χ3n) is 3.75. The molecule has 0 radical (unpaired) electrons. The Bertz CT molecular complexity index is 822. The van der Waals surface area contributed by atoms with Gasteiger partial charge in [0, 0.05) is 16.3 Å². The van der Waals surface area contributed by atoms with E-state index in [1.165, 1.54) is 19.9 Å². The molecular weight excluding hydrogens is 330 g/mol. The number of carbonyl (C=O) groups excluding carboxylic acids is 3. The van der Waals surface area contributed by atoms with Gasteiger partial charge in [-0.15, -0.1) is 0 Å². The van der Waals surface area contributed by atoms with Gasteiger partial charge in [0.15, 0.2) is 11.9 Å². The van der Waals surface area contributed by atoms with Gasteiger partial charge >= 0.3 is 5.97 Å². The van der Waals surface area contributed by atoms with E-state index in [1.807, 2.05) is 0 Å². The van der Waals surface area contributed by atoms with Crippen molar-refractivity contribution in [1.29, 1.82) is 0 Å². The summed E-state index contributed by atoms with van der Waals surface area (Å²) in [6.07, 6.45) is -0.993. The van der Waals surface area contributed by atoms with Gasteiger partial charge in [0.25, 0.3) is 0 Å². The number of aromatic nitrogens is 1. The lowest BCUT2D eigenvalue weighted by molar-refractivity contribution is 0.0317. The minimum Gasteiger partial charge on any atom is -0.451 e. The predicted octanol–water partition coefficient (Wildman–Crippen LogP) is 3.92. The van der Waals surface area contributed by atoms with Crippen LogP contribution in [0.1, 0.15) is 56.3 Å². The van der Waals surface area contributed by atoms with Crippen molar-refractivity contribution in [3.8, 4) is 0 Å². The van der Waals surface area contributed by atoms with E-state index in [2.05, 4.69) is 4.98 Å². The van der Waals surface area contributed by atoms with Crippen LogP contribution in [-0.2, 0) is 4.74 Å². The van der Waals surface area contributed by atoms with Gasteiger partial charge in [0.05, 0.1) is 11.3 Å². The number of rotatable bonds is 5. The Kier molecular flexibility index (Phi) is 5.24. The number of hydrogen-bond acceptors (Lipinski definition) is 4. The van der Waals surface area contributed by atoms with E-state index in [-0.39, 0.29) is 17.0 Å². The fourth-order valence-electron chi connectivity index (χ4n) is 2.63. The Morgan fingerprint density at radius 2 is 1.88 bits per heavy atom. The summed E-state index contributed by atoms with van der Waals surface area (Å²) in [5.74, 6) is -1.14. The van der Waals surface area contributed by atoms with Crippen LogP contribution in [0.15, 0.2) is 24.3 Å². The maximum atomic E-state index is 12.5. The fourth-order valence-corrected chi connectivity index (χ4v) is 2.82. The Morgan fingerprint density at radius 3 is 2.42 bits per heavy atom. The van der Waals surface area contributed by atoms with Gasteiger partial charge < -0.3 is 9.72 Å². The second kappa shape index (κ2) is 7.01. The van der Waals surface area contributed by atoms with E-state index in [0.717, 1.165) is 0 Å². The number of ether oxygens (including phenoxy) is 1. The van der Waals surface area contributed by atoms with Crippen molar-refractivity contribution < 1.29 is 19.1 Å². The molecule has 0 fully saturated rings. The van der Waals surface area contributed by atoms with E-state index >= 15 is 0 Å². The molecule has 1 atom stereocenters. The number of H-pyrrole nitrogens is 1. The lowest BCUT2D eigenvalue weighted by atomic mass is 10.0. The van der Waals surface area contributed by atoms with Crippen LogP contribution >= 0.6 is 11.6 Å². The Morgan fingerprint density at radius 1 is 1.21 bits per heavy atom. The molecule has 5 nitrogen and oxygen atoms in total. The molecule has 2 aromatic rings. The van der Waals surface area contributed by atoms with Crippen LogP contribution in [0, 0.1) is 13.8 Å². The second-order valence-electron chi connectivity index (χ2n) is 5.60. The number of nitrogens with one attached hydrogen (secondary N) is 1. The van der Waals surface area contributed by atoms with E-state index < -0.39 is 17.9 Å². The van der Waals surface area contributed by atoms with E-state index in [0.29, 0.717) is 21.8 Å². The van der Waals surface area contributed by atoms with Crippen molar-refractivity contribution in [3.05, 3.63) is 57.4 Å². The number of hydrogen-bond donors (Lipinski definition) is 1. The van der Waals surface area contributed by atoms with E-state index in [4.69, 9.17) is 16.3 Å². The monoisotopic (exact) mass is 347 g/mol. The lowest BCUT2D eigenvalue weighted by Crippen LogP contribution is -2.25. The molecule has 1 N–H and O–H groups in total. The molecule has 0 aliphatic rings. The first kappa shape index (κ1) is 17.9. The normalized spacial score (nSPS) is 11.9. The molecule has 1 aromatic heterocycles. The first-order valence-electron chi connectivity index (χ1n) is 7.43. The number of carbonyl (C=O) groups is 3. The van der Waals surface area contributed by atoms with Gasteiger partial charge in [-0.05, 0) is 51.5 Å². The number of esters is 1. The predicted molar refractivity (Wildman–Crippen MR) is 90.9 cm³/mol. The third-order valence-corrected chi connectivity index (χ3v) is 3.98. The second-order valence-corrected chi connectivity index (χ2v) is 6.04. The fraction of sp³-hybridized carbons (Fsp3) is 0.278. The summed E-state index contributed by atoms with van der Waals surface area (Å²) in [7, 11) is 0. The average Bonchev–Trinajstić information content (AvgIpc) is 2.81. The highest BCUT2D eigenvalue weighted by atomic mass is 35.5. The van der Waals surface area contributed by atoms with Crippen LogP contribution in [-0.4, -0.2) is 28.6 Å². The summed E-state index contributed by atoms with van der Waals surface area (Å²) in [4.78, 5) is 39.2. The summed E-state index contributed by atoms with van der Waals surface area (Å²) in [5.41, 5.74) is 2.23.